The molecule has 0 aliphatic carbocycles. The van der Waals surface area contributed by atoms with Gasteiger partial charge in [-0.2, -0.15) is 0 Å². The molecule has 0 spiro atoms. The number of halogens is 1. The molecular formula is C6H9ClO. The van der Waals surface area contributed by atoms with Gasteiger partial charge in [-0.3, -0.25) is 0 Å². The molecule has 0 aromatic carbocycles. The average molecular weight is 133 g/mol. The molecule has 1 fully saturated rings. The summed E-state index contributed by atoms with van der Waals surface area (Å²) in [6, 6.07) is 0. The molecule has 0 amide bonds. The second kappa shape index (κ2) is 2.51. The molecule has 2 atom stereocenters. The Bertz CT molecular complexity index is 92.5. The second-order valence-electron chi connectivity index (χ2n) is 1.89. The van der Waals surface area contributed by atoms with Gasteiger partial charge in [0.2, 0.25) is 0 Å². The Morgan fingerprint density at radius 3 is 2.75 bits per heavy atom. The lowest BCUT2D eigenvalue weighted by molar-refractivity contribution is 0.381. The number of epoxide rings is 1. The third-order valence-corrected chi connectivity index (χ3v) is 1.54. The number of ether oxygens (including phenoxy) is 1. The van der Waals surface area contributed by atoms with Gasteiger partial charge in [0.15, 0.2) is 0 Å². The molecule has 46 valence electrons. The van der Waals surface area contributed by atoms with Gasteiger partial charge in [-0.25, -0.2) is 0 Å². The Balaban J connectivity index is 2.07. The van der Waals surface area contributed by atoms with Gasteiger partial charge in [0.1, 0.15) is 0 Å². The van der Waals surface area contributed by atoms with Crippen LogP contribution >= 0.6 is 11.6 Å². The fourth-order valence-corrected chi connectivity index (χ4v) is 0.958. The van der Waals surface area contributed by atoms with Gasteiger partial charge in [0, 0.05) is 0 Å². The van der Waals surface area contributed by atoms with Gasteiger partial charge < -0.3 is 4.74 Å². The summed E-state index contributed by atoms with van der Waals surface area (Å²) in [5, 5.41) is 0. The summed E-state index contributed by atoms with van der Waals surface area (Å²) >= 11 is 5.47. The van der Waals surface area contributed by atoms with Crippen molar-refractivity contribution in [3.63, 3.8) is 0 Å². The van der Waals surface area contributed by atoms with Crippen LogP contribution in [0.2, 0.25) is 0 Å². The smallest absolute Gasteiger partial charge is 0.0980 e. The SMILES string of the molecule is C=CCC1OC1CCl. The first-order valence-corrected chi connectivity index (χ1v) is 3.24. The highest BCUT2D eigenvalue weighted by molar-refractivity contribution is 6.18. The molecular weight excluding hydrogens is 124 g/mol. The quantitative estimate of drug-likeness (QED) is 0.323. The summed E-state index contributed by atoms with van der Waals surface area (Å²) < 4.78 is 5.10. The van der Waals surface area contributed by atoms with Gasteiger partial charge in [-0.1, -0.05) is 6.08 Å². The Labute approximate surface area is 54.3 Å². The van der Waals surface area contributed by atoms with Crippen LogP contribution in [0.1, 0.15) is 6.42 Å². The van der Waals surface area contributed by atoms with E-state index < -0.39 is 0 Å². The molecule has 0 aromatic rings. The van der Waals surface area contributed by atoms with Crippen molar-refractivity contribution >= 4 is 11.6 Å². The van der Waals surface area contributed by atoms with Gasteiger partial charge in [0.25, 0.3) is 0 Å². The zero-order valence-corrected chi connectivity index (χ0v) is 5.40. The Hall–Kier alpha value is -0.0100. The number of hydrogen-bond donors (Lipinski definition) is 0. The molecule has 1 aliphatic rings. The molecule has 1 heterocycles. The summed E-state index contributed by atoms with van der Waals surface area (Å²) in [5.74, 6) is 0.624. The molecule has 1 rings (SSSR count). The molecule has 0 N–H and O–H groups in total. The highest BCUT2D eigenvalue weighted by Crippen LogP contribution is 2.25. The lowest BCUT2D eigenvalue weighted by atomic mass is 10.2. The van der Waals surface area contributed by atoms with Crippen molar-refractivity contribution in [1.29, 1.82) is 0 Å². The van der Waals surface area contributed by atoms with Crippen molar-refractivity contribution in [2.75, 3.05) is 5.88 Å². The van der Waals surface area contributed by atoms with Crippen molar-refractivity contribution in [3.05, 3.63) is 12.7 Å². The number of hydrogen-bond acceptors (Lipinski definition) is 1. The van der Waals surface area contributed by atoms with Crippen molar-refractivity contribution in [2.45, 2.75) is 18.6 Å². The van der Waals surface area contributed by atoms with E-state index in [4.69, 9.17) is 16.3 Å². The maximum atomic E-state index is 5.47. The van der Waals surface area contributed by atoms with E-state index in [9.17, 15) is 0 Å². The molecule has 8 heavy (non-hydrogen) atoms. The van der Waals surface area contributed by atoms with E-state index in [0.29, 0.717) is 18.1 Å². The minimum absolute atomic E-state index is 0.315. The molecule has 2 unspecified atom stereocenters. The van der Waals surface area contributed by atoms with E-state index in [-0.39, 0.29) is 0 Å². The first-order chi connectivity index (χ1) is 3.88. The number of rotatable bonds is 3. The van der Waals surface area contributed by atoms with Gasteiger partial charge in [0.05, 0.1) is 18.1 Å². The topological polar surface area (TPSA) is 12.5 Å². The van der Waals surface area contributed by atoms with Crippen LogP contribution in [0, 0.1) is 0 Å². The van der Waals surface area contributed by atoms with Crippen molar-refractivity contribution < 1.29 is 4.74 Å². The summed E-state index contributed by atoms with van der Waals surface area (Å²) in [4.78, 5) is 0. The minimum Gasteiger partial charge on any atom is -0.368 e. The highest BCUT2D eigenvalue weighted by atomic mass is 35.5. The van der Waals surface area contributed by atoms with Crippen LogP contribution in [0.25, 0.3) is 0 Å². The fraction of sp³-hybridized carbons (Fsp3) is 0.667. The average Bonchev–Trinajstić information content (AvgIpc) is 2.48. The lowest BCUT2D eigenvalue weighted by Crippen LogP contribution is -1.91. The third kappa shape index (κ3) is 1.23. The van der Waals surface area contributed by atoms with Gasteiger partial charge in [-0.05, 0) is 6.42 Å². The normalized spacial score (nSPS) is 34.6. The van der Waals surface area contributed by atoms with Crippen LogP contribution in [0.5, 0.6) is 0 Å². The Morgan fingerprint density at radius 2 is 2.38 bits per heavy atom. The molecule has 0 aromatic heterocycles. The monoisotopic (exact) mass is 132 g/mol. The van der Waals surface area contributed by atoms with E-state index >= 15 is 0 Å². The summed E-state index contributed by atoms with van der Waals surface area (Å²) in [7, 11) is 0. The van der Waals surface area contributed by atoms with Crippen LogP contribution < -0.4 is 0 Å². The summed E-state index contributed by atoms with van der Waals surface area (Å²) in [6.07, 6.45) is 3.49. The lowest BCUT2D eigenvalue weighted by Gasteiger charge is -1.79. The van der Waals surface area contributed by atoms with E-state index in [2.05, 4.69) is 6.58 Å². The fourth-order valence-electron chi connectivity index (χ4n) is 0.686. The number of alkyl halides is 1. The first-order valence-electron chi connectivity index (χ1n) is 2.70. The van der Waals surface area contributed by atoms with Crippen LogP contribution in [0.3, 0.4) is 0 Å². The van der Waals surface area contributed by atoms with Gasteiger partial charge >= 0.3 is 0 Å². The van der Waals surface area contributed by atoms with Crippen molar-refractivity contribution in [1.82, 2.24) is 0 Å². The molecule has 0 saturated carbocycles. The van der Waals surface area contributed by atoms with E-state index in [1.165, 1.54) is 0 Å². The zero-order chi connectivity index (χ0) is 5.98. The Kier molecular flexibility index (Phi) is 1.92. The van der Waals surface area contributed by atoms with E-state index in [1.54, 1.807) is 0 Å². The first kappa shape index (κ1) is 6.12. The minimum atomic E-state index is 0.315. The van der Waals surface area contributed by atoms with Crippen molar-refractivity contribution in [3.8, 4) is 0 Å². The van der Waals surface area contributed by atoms with E-state index in [0.717, 1.165) is 6.42 Å². The molecule has 2 heteroatoms. The van der Waals surface area contributed by atoms with Crippen LogP contribution in [-0.4, -0.2) is 18.1 Å². The maximum absolute atomic E-state index is 5.47. The van der Waals surface area contributed by atoms with Crippen molar-refractivity contribution in [2.24, 2.45) is 0 Å². The molecule has 0 radical (unpaired) electrons. The van der Waals surface area contributed by atoms with Crippen LogP contribution in [0.4, 0.5) is 0 Å². The zero-order valence-electron chi connectivity index (χ0n) is 4.64. The standard InChI is InChI=1S/C6H9ClO/c1-2-3-5-6(4-7)8-5/h2,5-6H,1,3-4H2. The summed E-state index contributed by atoms with van der Waals surface area (Å²) in [5.41, 5.74) is 0. The highest BCUT2D eigenvalue weighted by Gasteiger charge is 2.36. The summed E-state index contributed by atoms with van der Waals surface area (Å²) in [6.45, 7) is 3.59. The maximum Gasteiger partial charge on any atom is 0.0980 e. The molecule has 1 nitrogen and oxygen atoms in total. The third-order valence-electron chi connectivity index (χ3n) is 1.24. The van der Waals surface area contributed by atoms with Crippen LogP contribution in [0.15, 0.2) is 12.7 Å². The second-order valence-corrected chi connectivity index (χ2v) is 2.20. The molecule has 1 saturated heterocycles. The largest absolute Gasteiger partial charge is 0.368 e. The molecule has 0 bridgehead atoms. The van der Waals surface area contributed by atoms with Crippen LogP contribution in [-0.2, 0) is 4.74 Å². The Morgan fingerprint density at radius 1 is 1.62 bits per heavy atom. The van der Waals surface area contributed by atoms with E-state index in [1.807, 2.05) is 6.08 Å². The molecule has 1 aliphatic heterocycles. The predicted molar refractivity (Wildman–Crippen MR) is 34.2 cm³/mol. The predicted octanol–water partition coefficient (Wildman–Crippen LogP) is 1.57. The van der Waals surface area contributed by atoms with Gasteiger partial charge in [-0.15, -0.1) is 18.2 Å².